The van der Waals surface area contributed by atoms with E-state index in [0.717, 1.165) is 19.5 Å². The van der Waals surface area contributed by atoms with Crippen molar-refractivity contribution in [3.63, 3.8) is 0 Å². The summed E-state index contributed by atoms with van der Waals surface area (Å²) in [4.78, 5) is 26.1. The molecule has 1 aliphatic rings. The van der Waals surface area contributed by atoms with Crippen molar-refractivity contribution in [2.75, 3.05) is 19.6 Å². The smallest absolute Gasteiger partial charge is 0.250 e. The van der Waals surface area contributed by atoms with Crippen molar-refractivity contribution in [3.8, 4) is 0 Å². The second-order valence-corrected chi connectivity index (χ2v) is 6.09. The summed E-state index contributed by atoms with van der Waals surface area (Å²) in [7, 11) is 0. The fraction of sp³-hybridized carbons (Fsp3) is 0.625. The Morgan fingerprint density at radius 2 is 2.00 bits per heavy atom. The van der Waals surface area contributed by atoms with Gasteiger partial charge in [0.2, 0.25) is 11.5 Å². The highest BCUT2D eigenvalue weighted by molar-refractivity contribution is 5.85. The van der Waals surface area contributed by atoms with Gasteiger partial charge in [0, 0.05) is 25.4 Å². The van der Waals surface area contributed by atoms with E-state index in [1.165, 1.54) is 12.8 Å². The van der Waals surface area contributed by atoms with Gasteiger partial charge in [-0.3, -0.25) is 14.5 Å². The molecule has 1 aliphatic heterocycles. The van der Waals surface area contributed by atoms with Crippen LogP contribution in [0.1, 0.15) is 33.1 Å². The Morgan fingerprint density at radius 3 is 2.67 bits per heavy atom. The van der Waals surface area contributed by atoms with Crippen LogP contribution in [-0.2, 0) is 11.3 Å². The lowest BCUT2D eigenvalue weighted by Crippen LogP contribution is -2.54. The average Bonchev–Trinajstić information content (AvgIpc) is 3.00. The number of rotatable bonds is 6. The Balaban J connectivity index is 1.76. The fourth-order valence-electron chi connectivity index (χ4n) is 2.73. The zero-order valence-electron chi connectivity index (χ0n) is 13.0. The minimum absolute atomic E-state index is 0.00113. The highest BCUT2D eigenvalue weighted by Gasteiger charge is 2.35. The van der Waals surface area contributed by atoms with Gasteiger partial charge in [0.25, 0.3) is 0 Å². The topological polar surface area (TPSA) is 54.3 Å². The summed E-state index contributed by atoms with van der Waals surface area (Å²) in [5.41, 5.74) is -0.443. The molecule has 2 heterocycles. The lowest BCUT2D eigenvalue weighted by molar-refractivity contribution is -0.131. The minimum atomic E-state index is -0.444. The predicted octanol–water partition coefficient (Wildman–Crippen LogP) is 1.23. The molecular weight excluding hydrogens is 266 g/mol. The lowest BCUT2D eigenvalue weighted by atomic mass is 10.0. The molecule has 5 heteroatoms. The maximum absolute atomic E-state index is 12.3. The van der Waals surface area contributed by atoms with E-state index in [0.29, 0.717) is 13.1 Å². The van der Waals surface area contributed by atoms with Gasteiger partial charge in [-0.25, -0.2) is 0 Å². The zero-order chi connectivity index (χ0) is 15.3. The monoisotopic (exact) mass is 291 g/mol. The van der Waals surface area contributed by atoms with Crippen LogP contribution in [-0.4, -0.2) is 40.5 Å². The van der Waals surface area contributed by atoms with Gasteiger partial charge < -0.3 is 9.88 Å². The number of aromatic nitrogens is 1. The van der Waals surface area contributed by atoms with Crippen LogP contribution in [0.5, 0.6) is 0 Å². The zero-order valence-corrected chi connectivity index (χ0v) is 13.0. The van der Waals surface area contributed by atoms with E-state index in [1.54, 1.807) is 22.9 Å². The Hall–Kier alpha value is -1.62. The van der Waals surface area contributed by atoms with Crippen molar-refractivity contribution >= 4 is 5.91 Å². The first-order chi connectivity index (χ1) is 10.0. The van der Waals surface area contributed by atoms with E-state index in [4.69, 9.17) is 0 Å². The first-order valence-corrected chi connectivity index (χ1v) is 7.70. The third-order valence-corrected chi connectivity index (χ3v) is 4.21. The van der Waals surface area contributed by atoms with Gasteiger partial charge in [-0.1, -0.05) is 6.07 Å². The van der Waals surface area contributed by atoms with Gasteiger partial charge >= 0.3 is 0 Å². The van der Waals surface area contributed by atoms with Gasteiger partial charge in [-0.2, -0.15) is 0 Å². The minimum Gasteiger partial charge on any atom is -0.354 e. The Labute approximate surface area is 126 Å². The number of amides is 1. The van der Waals surface area contributed by atoms with Crippen LogP contribution in [0.4, 0.5) is 0 Å². The van der Waals surface area contributed by atoms with Gasteiger partial charge in [0.1, 0.15) is 0 Å². The summed E-state index contributed by atoms with van der Waals surface area (Å²) in [5.74, 6) is 0.0739. The number of aryl methyl sites for hydroxylation is 1. The molecule has 0 bridgehead atoms. The molecule has 1 fully saturated rings. The molecule has 0 aliphatic carbocycles. The maximum atomic E-state index is 12.3. The summed E-state index contributed by atoms with van der Waals surface area (Å²) in [5, 5.41) is 2.99. The number of hydrogen-bond donors (Lipinski definition) is 1. The van der Waals surface area contributed by atoms with Gasteiger partial charge in [0.15, 0.2) is 0 Å². The molecule has 1 N–H and O–H groups in total. The summed E-state index contributed by atoms with van der Waals surface area (Å²) in [6.07, 6.45) is 4.88. The van der Waals surface area contributed by atoms with Crippen molar-refractivity contribution in [1.82, 2.24) is 14.8 Å². The Kier molecular flexibility index (Phi) is 5.17. The summed E-state index contributed by atoms with van der Waals surface area (Å²) < 4.78 is 1.66. The van der Waals surface area contributed by atoms with Crippen LogP contribution in [0.2, 0.25) is 0 Å². The molecule has 1 aromatic rings. The van der Waals surface area contributed by atoms with E-state index in [1.807, 2.05) is 19.9 Å². The molecule has 116 valence electrons. The second kappa shape index (κ2) is 6.89. The van der Waals surface area contributed by atoms with Gasteiger partial charge in [0.05, 0.1) is 5.54 Å². The fourth-order valence-corrected chi connectivity index (χ4v) is 2.73. The van der Waals surface area contributed by atoms with Crippen LogP contribution >= 0.6 is 0 Å². The molecule has 2 rings (SSSR count). The number of pyridine rings is 1. The quantitative estimate of drug-likeness (QED) is 0.802. The normalized spacial score (nSPS) is 16.1. The highest BCUT2D eigenvalue weighted by atomic mass is 16.2. The van der Waals surface area contributed by atoms with Crippen LogP contribution in [0, 0.1) is 0 Å². The van der Waals surface area contributed by atoms with E-state index >= 15 is 0 Å². The van der Waals surface area contributed by atoms with Crippen molar-refractivity contribution < 1.29 is 4.79 Å². The van der Waals surface area contributed by atoms with Crippen LogP contribution in [0.3, 0.4) is 0 Å². The SMILES string of the molecule is CC(C)(C(=O)NCCCn1ccccc1=O)N1CCCC1. The van der Waals surface area contributed by atoms with E-state index < -0.39 is 5.54 Å². The Morgan fingerprint density at radius 1 is 1.29 bits per heavy atom. The molecule has 1 aromatic heterocycles. The first-order valence-electron chi connectivity index (χ1n) is 7.70. The van der Waals surface area contributed by atoms with Gasteiger partial charge in [-0.05, 0) is 52.3 Å². The van der Waals surface area contributed by atoms with Crippen LogP contribution in [0.25, 0.3) is 0 Å². The average molecular weight is 291 g/mol. The molecule has 0 saturated carbocycles. The number of likely N-dealkylation sites (tertiary alicyclic amines) is 1. The number of nitrogens with zero attached hydrogens (tertiary/aromatic N) is 2. The molecule has 21 heavy (non-hydrogen) atoms. The van der Waals surface area contributed by atoms with Crippen molar-refractivity contribution in [2.24, 2.45) is 0 Å². The van der Waals surface area contributed by atoms with E-state index in [-0.39, 0.29) is 11.5 Å². The standard InChI is InChI=1S/C16H25N3O2/c1-16(2,19-12-5-6-13-19)15(21)17-9-7-11-18-10-4-3-8-14(18)20/h3-4,8,10H,5-7,9,11-13H2,1-2H3,(H,17,21). The second-order valence-electron chi connectivity index (χ2n) is 6.09. The number of carbonyl (C=O) groups excluding carboxylic acids is 1. The van der Waals surface area contributed by atoms with Crippen molar-refractivity contribution in [2.45, 2.75) is 45.2 Å². The van der Waals surface area contributed by atoms with E-state index in [2.05, 4.69) is 10.2 Å². The largest absolute Gasteiger partial charge is 0.354 e. The van der Waals surface area contributed by atoms with E-state index in [9.17, 15) is 9.59 Å². The molecule has 5 nitrogen and oxygen atoms in total. The molecule has 0 unspecified atom stereocenters. The van der Waals surface area contributed by atoms with Crippen LogP contribution in [0.15, 0.2) is 29.2 Å². The van der Waals surface area contributed by atoms with Crippen LogP contribution < -0.4 is 10.9 Å². The summed E-state index contributed by atoms with van der Waals surface area (Å²) in [6.45, 7) is 7.19. The van der Waals surface area contributed by atoms with Crippen molar-refractivity contribution in [1.29, 1.82) is 0 Å². The summed E-state index contributed by atoms with van der Waals surface area (Å²) >= 11 is 0. The molecule has 0 radical (unpaired) electrons. The summed E-state index contributed by atoms with van der Waals surface area (Å²) in [6, 6.07) is 5.13. The lowest BCUT2D eigenvalue weighted by Gasteiger charge is -2.33. The highest BCUT2D eigenvalue weighted by Crippen LogP contribution is 2.20. The number of hydrogen-bond acceptors (Lipinski definition) is 3. The maximum Gasteiger partial charge on any atom is 0.250 e. The number of nitrogens with one attached hydrogen (secondary N) is 1. The molecule has 0 atom stereocenters. The Bertz CT molecular complexity index is 530. The number of carbonyl (C=O) groups is 1. The predicted molar refractivity (Wildman–Crippen MR) is 83.2 cm³/mol. The molecule has 1 amide bonds. The van der Waals surface area contributed by atoms with Gasteiger partial charge in [-0.15, -0.1) is 0 Å². The first kappa shape index (κ1) is 15.8. The van der Waals surface area contributed by atoms with Crippen molar-refractivity contribution in [3.05, 3.63) is 34.7 Å². The molecular formula is C16H25N3O2. The third-order valence-electron chi connectivity index (χ3n) is 4.21. The molecule has 0 aromatic carbocycles. The molecule has 0 spiro atoms. The molecule has 1 saturated heterocycles. The third kappa shape index (κ3) is 3.94.